The van der Waals surface area contributed by atoms with E-state index in [9.17, 15) is 4.39 Å². The number of rotatable bonds is 1. The third-order valence-corrected chi connectivity index (χ3v) is 2.70. The molecule has 1 heterocycles. The van der Waals surface area contributed by atoms with E-state index < -0.39 is 0 Å². The minimum absolute atomic E-state index is 0.221. The lowest BCUT2D eigenvalue weighted by molar-refractivity contribution is 0.0907. The standard InChI is InChI=1S/C11H14FNO/c1-3-11(2)7-13-9-5-4-8(12)6-10(9)14-11/h4-6,13H,3,7H2,1-2H3. The van der Waals surface area contributed by atoms with Crippen LogP contribution in [0.1, 0.15) is 20.3 Å². The van der Waals surface area contributed by atoms with Crippen LogP contribution in [0.3, 0.4) is 0 Å². The van der Waals surface area contributed by atoms with Gasteiger partial charge in [0.15, 0.2) is 0 Å². The Balaban J connectivity index is 2.33. The van der Waals surface area contributed by atoms with Crippen LogP contribution in [-0.2, 0) is 0 Å². The van der Waals surface area contributed by atoms with Crippen molar-refractivity contribution in [3.05, 3.63) is 24.0 Å². The molecule has 1 atom stereocenters. The summed E-state index contributed by atoms with van der Waals surface area (Å²) < 4.78 is 18.7. The van der Waals surface area contributed by atoms with Crippen LogP contribution in [0.4, 0.5) is 10.1 Å². The molecule has 0 fully saturated rings. The fourth-order valence-corrected chi connectivity index (χ4v) is 1.51. The predicted molar refractivity (Wildman–Crippen MR) is 54.2 cm³/mol. The van der Waals surface area contributed by atoms with Crippen LogP contribution in [0.25, 0.3) is 0 Å². The summed E-state index contributed by atoms with van der Waals surface area (Å²) in [6.45, 7) is 4.85. The average Bonchev–Trinajstić information content (AvgIpc) is 2.17. The van der Waals surface area contributed by atoms with Gasteiger partial charge in [-0.15, -0.1) is 0 Å². The molecule has 2 rings (SSSR count). The lowest BCUT2D eigenvalue weighted by Gasteiger charge is -2.35. The van der Waals surface area contributed by atoms with E-state index >= 15 is 0 Å². The Morgan fingerprint density at radius 2 is 2.36 bits per heavy atom. The second kappa shape index (κ2) is 3.15. The van der Waals surface area contributed by atoms with Gasteiger partial charge in [-0.25, -0.2) is 4.39 Å². The van der Waals surface area contributed by atoms with E-state index in [0.717, 1.165) is 18.7 Å². The van der Waals surface area contributed by atoms with Gasteiger partial charge >= 0.3 is 0 Å². The number of anilines is 1. The summed E-state index contributed by atoms with van der Waals surface area (Å²) >= 11 is 0. The van der Waals surface area contributed by atoms with E-state index in [1.807, 2.05) is 6.92 Å². The SMILES string of the molecule is CCC1(C)CNc2ccc(F)cc2O1. The van der Waals surface area contributed by atoms with Crippen LogP contribution in [-0.4, -0.2) is 12.1 Å². The van der Waals surface area contributed by atoms with Crippen molar-refractivity contribution in [3.63, 3.8) is 0 Å². The van der Waals surface area contributed by atoms with Crippen molar-refractivity contribution >= 4 is 5.69 Å². The Kier molecular flexibility index (Phi) is 2.10. The minimum Gasteiger partial charge on any atom is -0.483 e. The smallest absolute Gasteiger partial charge is 0.146 e. The van der Waals surface area contributed by atoms with Gasteiger partial charge in [0.25, 0.3) is 0 Å². The molecule has 0 radical (unpaired) electrons. The molecular formula is C11H14FNO. The summed E-state index contributed by atoms with van der Waals surface area (Å²) in [5, 5.41) is 3.24. The first-order valence-corrected chi connectivity index (χ1v) is 4.85. The molecule has 0 aliphatic carbocycles. The fourth-order valence-electron chi connectivity index (χ4n) is 1.51. The second-order valence-electron chi connectivity index (χ2n) is 3.90. The van der Waals surface area contributed by atoms with E-state index in [2.05, 4.69) is 12.2 Å². The Morgan fingerprint density at radius 1 is 1.57 bits per heavy atom. The molecule has 0 spiro atoms. The number of ether oxygens (including phenoxy) is 1. The summed E-state index contributed by atoms with van der Waals surface area (Å²) in [6.07, 6.45) is 0.899. The van der Waals surface area contributed by atoms with Crippen LogP contribution in [0, 0.1) is 5.82 Å². The van der Waals surface area contributed by atoms with E-state index in [-0.39, 0.29) is 11.4 Å². The van der Waals surface area contributed by atoms with Gasteiger partial charge in [-0.05, 0) is 25.5 Å². The van der Waals surface area contributed by atoms with Crippen molar-refractivity contribution in [2.75, 3.05) is 11.9 Å². The van der Waals surface area contributed by atoms with Gasteiger partial charge < -0.3 is 10.1 Å². The summed E-state index contributed by atoms with van der Waals surface area (Å²) in [5.74, 6) is 0.353. The highest BCUT2D eigenvalue weighted by Gasteiger charge is 2.29. The number of nitrogens with one attached hydrogen (secondary N) is 1. The Morgan fingerprint density at radius 3 is 3.07 bits per heavy atom. The van der Waals surface area contributed by atoms with Crippen LogP contribution in [0.2, 0.25) is 0 Å². The molecule has 2 nitrogen and oxygen atoms in total. The summed E-state index contributed by atoms with van der Waals surface area (Å²) in [7, 11) is 0. The zero-order valence-electron chi connectivity index (χ0n) is 8.43. The van der Waals surface area contributed by atoms with Gasteiger partial charge in [0, 0.05) is 6.07 Å². The zero-order valence-corrected chi connectivity index (χ0v) is 8.43. The number of fused-ring (bicyclic) bond motifs is 1. The van der Waals surface area contributed by atoms with Gasteiger partial charge in [0.2, 0.25) is 0 Å². The lowest BCUT2D eigenvalue weighted by atomic mass is 10.0. The predicted octanol–water partition coefficient (Wildman–Crippen LogP) is 2.80. The third kappa shape index (κ3) is 1.54. The molecule has 1 aliphatic rings. The first kappa shape index (κ1) is 9.31. The molecule has 0 saturated carbocycles. The van der Waals surface area contributed by atoms with Crippen LogP contribution < -0.4 is 10.1 Å². The molecule has 1 N–H and O–H groups in total. The van der Waals surface area contributed by atoms with Crippen molar-refractivity contribution in [1.82, 2.24) is 0 Å². The Labute approximate surface area is 83.1 Å². The van der Waals surface area contributed by atoms with Gasteiger partial charge in [0.1, 0.15) is 17.2 Å². The van der Waals surface area contributed by atoms with E-state index in [4.69, 9.17) is 4.74 Å². The van der Waals surface area contributed by atoms with Crippen molar-refractivity contribution in [2.45, 2.75) is 25.9 Å². The molecule has 1 aromatic rings. The highest BCUT2D eigenvalue weighted by molar-refractivity contribution is 5.58. The van der Waals surface area contributed by atoms with E-state index in [1.165, 1.54) is 12.1 Å². The molecule has 0 amide bonds. The van der Waals surface area contributed by atoms with Crippen LogP contribution >= 0.6 is 0 Å². The molecule has 14 heavy (non-hydrogen) atoms. The van der Waals surface area contributed by atoms with Crippen LogP contribution in [0.5, 0.6) is 5.75 Å². The quantitative estimate of drug-likeness (QED) is 0.744. The second-order valence-corrected chi connectivity index (χ2v) is 3.90. The van der Waals surface area contributed by atoms with Gasteiger partial charge in [0.05, 0.1) is 12.2 Å². The summed E-state index contributed by atoms with van der Waals surface area (Å²) in [5.41, 5.74) is 0.651. The molecular weight excluding hydrogens is 181 g/mol. The van der Waals surface area contributed by atoms with Gasteiger partial charge in [-0.1, -0.05) is 6.92 Å². The minimum atomic E-state index is -0.258. The lowest BCUT2D eigenvalue weighted by Crippen LogP contribution is -2.42. The molecule has 1 aromatic carbocycles. The molecule has 0 saturated heterocycles. The summed E-state index contributed by atoms with van der Waals surface area (Å²) in [6, 6.07) is 4.57. The maximum Gasteiger partial charge on any atom is 0.146 e. The average molecular weight is 195 g/mol. The maximum atomic E-state index is 12.9. The van der Waals surface area contributed by atoms with Crippen molar-refractivity contribution in [3.8, 4) is 5.75 Å². The number of hydrogen-bond donors (Lipinski definition) is 1. The first-order chi connectivity index (χ1) is 6.63. The van der Waals surface area contributed by atoms with Crippen molar-refractivity contribution in [2.24, 2.45) is 0 Å². The Hall–Kier alpha value is -1.25. The fraction of sp³-hybridized carbons (Fsp3) is 0.455. The van der Waals surface area contributed by atoms with E-state index in [0.29, 0.717) is 5.75 Å². The largest absolute Gasteiger partial charge is 0.483 e. The van der Waals surface area contributed by atoms with Crippen molar-refractivity contribution in [1.29, 1.82) is 0 Å². The number of benzene rings is 1. The van der Waals surface area contributed by atoms with Gasteiger partial charge in [-0.3, -0.25) is 0 Å². The normalized spacial score (nSPS) is 24.8. The molecule has 1 unspecified atom stereocenters. The molecule has 3 heteroatoms. The third-order valence-electron chi connectivity index (χ3n) is 2.70. The highest BCUT2D eigenvalue weighted by atomic mass is 19.1. The molecule has 1 aliphatic heterocycles. The highest BCUT2D eigenvalue weighted by Crippen LogP contribution is 2.34. The van der Waals surface area contributed by atoms with Crippen LogP contribution in [0.15, 0.2) is 18.2 Å². The molecule has 0 aromatic heterocycles. The monoisotopic (exact) mass is 195 g/mol. The first-order valence-electron chi connectivity index (χ1n) is 4.85. The van der Waals surface area contributed by atoms with Crippen molar-refractivity contribution < 1.29 is 9.13 Å². The Bertz CT molecular complexity index is 353. The summed E-state index contributed by atoms with van der Waals surface area (Å²) in [4.78, 5) is 0. The van der Waals surface area contributed by atoms with E-state index in [1.54, 1.807) is 6.07 Å². The zero-order chi connectivity index (χ0) is 10.2. The number of hydrogen-bond acceptors (Lipinski definition) is 2. The molecule has 76 valence electrons. The topological polar surface area (TPSA) is 21.3 Å². The maximum absolute atomic E-state index is 12.9. The molecule has 0 bridgehead atoms. The van der Waals surface area contributed by atoms with Gasteiger partial charge in [-0.2, -0.15) is 0 Å². The number of halogens is 1.